The van der Waals surface area contributed by atoms with E-state index in [2.05, 4.69) is 51.2 Å². The molecule has 3 unspecified atom stereocenters. The predicted octanol–water partition coefficient (Wildman–Crippen LogP) is 3.07. The second-order valence-corrected chi connectivity index (χ2v) is 6.13. The molecule has 0 amide bonds. The maximum Gasteiger partial charge on any atom is 0.0564 e. The highest BCUT2D eigenvalue weighted by molar-refractivity contribution is 7.99. The molecule has 0 aliphatic rings. The highest BCUT2D eigenvalue weighted by Crippen LogP contribution is 2.19. The molecular formula is C15H25NOS. The lowest BCUT2D eigenvalue weighted by atomic mass is 10.0. The van der Waals surface area contributed by atoms with Gasteiger partial charge in [-0.3, -0.25) is 0 Å². The van der Waals surface area contributed by atoms with Crippen molar-refractivity contribution < 1.29 is 5.11 Å². The summed E-state index contributed by atoms with van der Waals surface area (Å²) < 4.78 is 0. The van der Waals surface area contributed by atoms with Crippen molar-refractivity contribution >= 4 is 11.8 Å². The molecule has 0 aliphatic carbocycles. The molecule has 0 heterocycles. The average Bonchev–Trinajstić information content (AvgIpc) is 2.29. The summed E-state index contributed by atoms with van der Waals surface area (Å²) in [6.07, 6.45) is 2.04. The van der Waals surface area contributed by atoms with Gasteiger partial charge in [0.15, 0.2) is 0 Å². The average molecular weight is 267 g/mol. The van der Waals surface area contributed by atoms with Crippen LogP contribution in [0.5, 0.6) is 0 Å². The summed E-state index contributed by atoms with van der Waals surface area (Å²) in [5, 5.41) is 13.1. The Balaban J connectivity index is 2.72. The van der Waals surface area contributed by atoms with E-state index in [9.17, 15) is 5.11 Å². The van der Waals surface area contributed by atoms with Gasteiger partial charge in [-0.15, -0.1) is 0 Å². The molecule has 0 aliphatic heterocycles. The van der Waals surface area contributed by atoms with E-state index in [4.69, 9.17) is 0 Å². The van der Waals surface area contributed by atoms with E-state index in [0.717, 1.165) is 0 Å². The van der Waals surface area contributed by atoms with Gasteiger partial charge in [-0.05, 0) is 39.5 Å². The first-order valence-electron chi connectivity index (χ1n) is 6.45. The van der Waals surface area contributed by atoms with Crippen LogP contribution in [-0.2, 0) is 0 Å². The number of benzene rings is 1. The van der Waals surface area contributed by atoms with Crippen molar-refractivity contribution in [1.82, 2.24) is 5.32 Å². The molecule has 2 nitrogen and oxygen atoms in total. The number of aliphatic hydroxyl groups excluding tert-OH is 1. The molecule has 0 saturated carbocycles. The summed E-state index contributed by atoms with van der Waals surface area (Å²) in [4.78, 5) is 0. The van der Waals surface area contributed by atoms with Crippen LogP contribution in [0.4, 0.5) is 0 Å². The number of hydrogen-bond donors (Lipinski definition) is 2. The fraction of sp³-hybridized carbons (Fsp3) is 0.600. The fourth-order valence-corrected chi connectivity index (χ4v) is 2.93. The third-order valence-electron chi connectivity index (χ3n) is 3.30. The van der Waals surface area contributed by atoms with Crippen LogP contribution in [0.2, 0.25) is 0 Å². The number of hydrogen-bond acceptors (Lipinski definition) is 3. The lowest BCUT2D eigenvalue weighted by Crippen LogP contribution is -2.38. The molecule has 0 spiro atoms. The summed E-state index contributed by atoms with van der Waals surface area (Å²) in [7, 11) is 0. The highest BCUT2D eigenvalue weighted by atomic mass is 32.2. The fourth-order valence-electron chi connectivity index (χ4n) is 2.29. The Kier molecular flexibility index (Phi) is 6.19. The Bertz CT molecular complexity index is 357. The van der Waals surface area contributed by atoms with E-state index in [-0.39, 0.29) is 11.9 Å². The SMILES string of the molecule is CSC(CO)C(C)NC(C)c1cc(C)cc(C)c1. The zero-order valence-electron chi connectivity index (χ0n) is 12.0. The van der Waals surface area contributed by atoms with Crippen LogP contribution in [0.1, 0.15) is 36.6 Å². The molecule has 0 bridgehead atoms. The lowest BCUT2D eigenvalue weighted by molar-refractivity contribution is 0.272. The first kappa shape index (κ1) is 15.5. The smallest absolute Gasteiger partial charge is 0.0564 e. The highest BCUT2D eigenvalue weighted by Gasteiger charge is 2.17. The Hall–Kier alpha value is -0.510. The van der Waals surface area contributed by atoms with Crippen LogP contribution in [-0.4, -0.2) is 29.3 Å². The van der Waals surface area contributed by atoms with E-state index in [1.54, 1.807) is 11.8 Å². The molecule has 0 fully saturated rings. The van der Waals surface area contributed by atoms with Crippen molar-refractivity contribution in [3.63, 3.8) is 0 Å². The molecule has 102 valence electrons. The Morgan fingerprint density at radius 3 is 2.17 bits per heavy atom. The number of nitrogens with one attached hydrogen (secondary N) is 1. The van der Waals surface area contributed by atoms with E-state index in [0.29, 0.717) is 12.1 Å². The van der Waals surface area contributed by atoms with Gasteiger partial charge in [0.05, 0.1) is 6.61 Å². The van der Waals surface area contributed by atoms with E-state index in [1.165, 1.54) is 16.7 Å². The Labute approximate surface area is 115 Å². The monoisotopic (exact) mass is 267 g/mol. The predicted molar refractivity (Wildman–Crippen MR) is 81.3 cm³/mol. The van der Waals surface area contributed by atoms with Crippen LogP contribution in [0.3, 0.4) is 0 Å². The first-order valence-corrected chi connectivity index (χ1v) is 7.74. The van der Waals surface area contributed by atoms with E-state index >= 15 is 0 Å². The van der Waals surface area contributed by atoms with E-state index in [1.807, 2.05) is 6.26 Å². The van der Waals surface area contributed by atoms with Gasteiger partial charge in [0.2, 0.25) is 0 Å². The third-order valence-corrected chi connectivity index (χ3v) is 4.46. The van der Waals surface area contributed by atoms with Crippen molar-refractivity contribution in [1.29, 1.82) is 0 Å². The minimum Gasteiger partial charge on any atom is -0.395 e. The Morgan fingerprint density at radius 1 is 1.17 bits per heavy atom. The quantitative estimate of drug-likeness (QED) is 0.831. The summed E-state index contributed by atoms with van der Waals surface area (Å²) in [6, 6.07) is 7.24. The molecule has 0 radical (unpaired) electrons. The molecular weight excluding hydrogens is 242 g/mol. The number of rotatable bonds is 6. The zero-order chi connectivity index (χ0) is 13.7. The summed E-state index contributed by atoms with van der Waals surface area (Å²) in [5.41, 5.74) is 3.92. The van der Waals surface area contributed by atoms with Gasteiger partial charge in [0.25, 0.3) is 0 Å². The summed E-state index contributed by atoms with van der Waals surface area (Å²) in [6.45, 7) is 8.79. The normalized spacial score (nSPS) is 16.3. The minimum atomic E-state index is 0.217. The van der Waals surface area contributed by atoms with Crippen LogP contribution in [0.25, 0.3) is 0 Å². The van der Waals surface area contributed by atoms with Gasteiger partial charge in [-0.1, -0.05) is 29.3 Å². The third kappa shape index (κ3) is 4.30. The number of aryl methyl sites for hydroxylation is 2. The summed E-state index contributed by atoms with van der Waals surface area (Å²) in [5.74, 6) is 0. The van der Waals surface area contributed by atoms with Crippen LogP contribution in [0, 0.1) is 13.8 Å². The van der Waals surface area contributed by atoms with Crippen molar-refractivity contribution in [2.75, 3.05) is 12.9 Å². The second-order valence-electron chi connectivity index (χ2n) is 5.05. The maximum absolute atomic E-state index is 9.31. The van der Waals surface area contributed by atoms with E-state index < -0.39 is 0 Å². The van der Waals surface area contributed by atoms with Gasteiger partial charge in [0, 0.05) is 17.3 Å². The van der Waals surface area contributed by atoms with Gasteiger partial charge in [-0.25, -0.2) is 0 Å². The van der Waals surface area contributed by atoms with Crippen molar-refractivity contribution in [2.24, 2.45) is 0 Å². The van der Waals surface area contributed by atoms with Gasteiger partial charge >= 0.3 is 0 Å². The molecule has 18 heavy (non-hydrogen) atoms. The number of aliphatic hydroxyl groups is 1. The van der Waals surface area contributed by atoms with Crippen LogP contribution in [0.15, 0.2) is 18.2 Å². The largest absolute Gasteiger partial charge is 0.395 e. The maximum atomic E-state index is 9.31. The molecule has 0 aromatic heterocycles. The molecule has 3 heteroatoms. The molecule has 1 aromatic rings. The lowest BCUT2D eigenvalue weighted by Gasteiger charge is -2.26. The topological polar surface area (TPSA) is 32.3 Å². The van der Waals surface area contributed by atoms with Crippen molar-refractivity contribution in [3.8, 4) is 0 Å². The molecule has 0 saturated heterocycles. The molecule has 1 aromatic carbocycles. The molecule has 2 N–H and O–H groups in total. The zero-order valence-corrected chi connectivity index (χ0v) is 12.8. The standard InChI is InChI=1S/C15H25NOS/c1-10-6-11(2)8-14(7-10)12(3)16-13(4)15(9-17)18-5/h6-8,12-13,15-17H,9H2,1-5H3. The van der Waals surface area contributed by atoms with Gasteiger partial charge < -0.3 is 10.4 Å². The van der Waals surface area contributed by atoms with Crippen molar-refractivity contribution in [2.45, 2.75) is 45.0 Å². The molecule has 3 atom stereocenters. The van der Waals surface area contributed by atoms with Crippen molar-refractivity contribution in [3.05, 3.63) is 34.9 Å². The summed E-state index contributed by atoms with van der Waals surface area (Å²) >= 11 is 1.71. The molecule has 1 rings (SSSR count). The minimum absolute atomic E-state index is 0.217. The first-order chi connectivity index (χ1) is 8.47. The second kappa shape index (κ2) is 7.17. The van der Waals surface area contributed by atoms with Gasteiger partial charge in [0.1, 0.15) is 0 Å². The van der Waals surface area contributed by atoms with Crippen LogP contribution < -0.4 is 5.32 Å². The van der Waals surface area contributed by atoms with Gasteiger partial charge in [-0.2, -0.15) is 11.8 Å². The van der Waals surface area contributed by atoms with Crippen LogP contribution >= 0.6 is 11.8 Å². The Morgan fingerprint density at radius 2 is 1.72 bits per heavy atom. The number of thioether (sulfide) groups is 1.